The first kappa shape index (κ1) is 22.6. The van der Waals surface area contributed by atoms with Crippen LogP contribution in [0.5, 0.6) is 5.75 Å². The summed E-state index contributed by atoms with van der Waals surface area (Å²) in [4.78, 5) is 30.4. The van der Waals surface area contributed by atoms with Crippen LogP contribution in [0.3, 0.4) is 0 Å². The van der Waals surface area contributed by atoms with Gasteiger partial charge in [-0.15, -0.1) is 0 Å². The van der Waals surface area contributed by atoms with Gasteiger partial charge in [0.2, 0.25) is 5.91 Å². The lowest BCUT2D eigenvalue weighted by atomic mass is 10.1. The number of nitrogens with zero attached hydrogens (tertiary/aromatic N) is 3. The third-order valence-corrected chi connectivity index (χ3v) is 6.40. The zero-order valence-corrected chi connectivity index (χ0v) is 19.6. The topological polar surface area (TPSA) is 85.7 Å². The van der Waals surface area contributed by atoms with Crippen molar-refractivity contribution >= 4 is 40.1 Å². The second-order valence-electron chi connectivity index (χ2n) is 8.49. The molecule has 3 aromatic rings. The van der Waals surface area contributed by atoms with Gasteiger partial charge in [0.25, 0.3) is 5.91 Å². The number of rotatable bonds is 4. The molecule has 178 valence electrons. The fourth-order valence-electron chi connectivity index (χ4n) is 4.46. The van der Waals surface area contributed by atoms with E-state index in [1.165, 1.54) is 6.07 Å². The van der Waals surface area contributed by atoms with E-state index in [2.05, 4.69) is 5.32 Å². The molecular formula is C24H24ClFN4O4. The minimum absolute atomic E-state index is 0.0672. The van der Waals surface area contributed by atoms with Gasteiger partial charge in [0.1, 0.15) is 5.82 Å². The van der Waals surface area contributed by atoms with Crippen molar-refractivity contribution in [3.05, 3.63) is 40.7 Å². The zero-order valence-electron chi connectivity index (χ0n) is 18.9. The molecule has 1 aromatic heterocycles. The van der Waals surface area contributed by atoms with Crippen molar-refractivity contribution in [2.24, 2.45) is 0 Å². The van der Waals surface area contributed by atoms with Gasteiger partial charge in [-0.25, -0.2) is 9.37 Å². The molecule has 34 heavy (non-hydrogen) atoms. The third-order valence-electron chi connectivity index (χ3n) is 6.10. The third kappa shape index (κ3) is 3.99. The van der Waals surface area contributed by atoms with E-state index in [1.807, 2.05) is 36.6 Å². The molecule has 2 amide bonds. The number of anilines is 1. The molecule has 1 fully saturated rings. The molecule has 8 nitrogen and oxygen atoms in total. The summed E-state index contributed by atoms with van der Waals surface area (Å²) in [6.45, 7) is 5.28. The van der Waals surface area contributed by atoms with E-state index in [0.29, 0.717) is 44.0 Å². The predicted octanol–water partition coefficient (Wildman–Crippen LogP) is 3.77. The molecule has 1 atom stereocenters. The van der Waals surface area contributed by atoms with Gasteiger partial charge in [0, 0.05) is 19.5 Å². The molecule has 0 radical (unpaired) electrons. The van der Waals surface area contributed by atoms with E-state index in [9.17, 15) is 9.59 Å². The number of aryl methyl sites for hydroxylation is 1. The normalized spacial score (nSPS) is 17.9. The molecule has 0 aliphatic carbocycles. The van der Waals surface area contributed by atoms with Crippen LogP contribution in [0.15, 0.2) is 24.3 Å². The SMILES string of the molecule is CCC(=O)N1CCO[C@@H](Cn2c(-c3c(Cl)cc4c(c3F)OCC(=O)N4)nc3cc(C)ccc32)C1. The molecule has 0 spiro atoms. The lowest BCUT2D eigenvalue weighted by molar-refractivity contribution is -0.138. The monoisotopic (exact) mass is 486 g/mol. The summed E-state index contributed by atoms with van der Waals surface area (Å²) in [7, 11) is 0. The average molecular weight is 487 g/mol. The summed E-state index contributed by atoms with van der Waals surface area (Å²) in [5, 5.41) is 2.68. The molecular weight excluding hydrogens is 463 g/mol. The second kappa shape index (κ2) is 8.88. The number of aromatic nitrogens is 2. The van der Waals surface area contributed by atoms with Gasteiger partial charge in [0.15, 0.2) is 18.2 Å². The van der Waals surface area contributed by atoms with E-state index in [-0.39, 0.29) is 46.5 Å². The molecule has 0 unspecified atom stereocenters. The van der Waals surface area contributed by atoms with Gasteiger partial charge in [-0.05, 0) is 30.7 Å². The highest BCUT2D eigenvalue weighted by Gasteiger charge is 2.30. The van der Waals surface area contributed by atoms with E-state index in [0.717, 1.165) is 11.1 Å². The molecule has 10 heteroatoms. The van der Waals surface area contributed by atoms with Gasteiger partial charge in [-0.1, -0.05) is 24.6 Å². The number of carbonyl (C=O) groups is 2. The number of amides is 2. The lowest BCUT2D eigenvalue weighted by Gasteiger charge is -2.33. The number of nitrogens with one attached hydrogen (secondary N) is 1. The number of hydrogen-bond donors (Lipinski definition) is 1. The van der Waals surface area contributed by atoms with Crippen LogP contribution >= 0.6 is 11.6 Å². The standard InChI is InChI=1S/C24H24ClFN4O4/c1-3-20(32)29-6-7-33-14(10-29)11-30-18-5-4-13(2)8-16(18)28-24(30)21-15(25)9-17-23(22(21)26)34-12-19(31)27-17/h4-5,8-9,14H,3,6-7,10-12H2,1-2H3,(H,27,31)/t14-/m1/s1. The van der Waals surface area contributed by atoms with Crippen molar-refractivity contribution in [3.8, 4) is 17.1 Å². The van der Waals surface area contributed by atoms with Gasteiger partial charge < -0.3 is 24.3 Å². The highest BCUT2D eigenvalue weighted by Crippen LogP contribution is 2.42. The largest absolute Gasteiger partial charge is 0.478 e. The van der Waals surface area contributed by atoms with Crippen molar-refractivity contribution in [1.29, 1.82) is 0 Å². The molecule has 1 saturated heterocycles. The summed E-state index contributed by atoms with van der Waals surface area (Å²) in [6, 6.07) is 7.28. The second-order valence-corrected chi connectivity index (χ2v) is 8.89. The number of morpholine rings is 1. The van der Waals surface area contributed by atoms with Gasteiger partial charge in [-0.2, -0.15) is 0 Å². The number of ether oxygens (including phenoxy) is 2. The first-order valence-corrected chi connectivity index (χ1v) is 11.5. The highest BCUT2D eigenvalue weighted by atomic mass is 35.5. The average Bonchev–Trinajstić information content (AvgIpc) is 3.15. The Morgan fingerprint density at radius 3 is 2.97 bits per heavy atom. The van der Waals surface area contributed by atoms with Crippen LogP contribution in [-0.4, -0.2) is 58.7 Å². The van der Waals surface area contributed by atoms with Crippen LogP contribution in [0, 0.1) is 12.7 Å². The van der Waals surface area contributed by atoms with Crippen LogP contribution < -0.4 is 10.1 Å². The quantitative estimate of drug-likeness (QED) is 0.606. The van der Waals surface area contributed by atoms with Crippen LogP contribution in [0.1, 0.15) is 18.9 Å². The molecule has 3 heterocycles. The predicted molar refractivity (Wildman–Crippen MR) is 126 cm³/mol. The van der Waals surface area contributed by atoms with Crippen LogP contribution in [0.2, 0.25) is 5.02 Å². The van der Waals surface area contributed by atoms with E-state index < -0.39 is 5.82 Å². The Morgan fingerprint density at radius 1 is 1.35 bits per heavy atom. The molecule has 2 aromatic carbocycles. The van der Waals surface area contributed by atoms with E-state index in [1.54, 1.807) is 4.90 Å². The van der Waals surface area contributed by atoms with Gasteiger partial charge in [0.05, 0.1) is 46.6 Å². The summed E-state index contributed by atoms with van der Waals surface area (Å²) in [5.41, 5.74) is 2.77. The van der Waals surface area contributed by atoms with Crippen molar-refractivity contribution < 1.29 is 23.5 Å². The summed E-state index contributed by atoms with van der Waals surface area (Å²) < 4.78 is 28.9. The first-order chi connectivity index (χ1) is 16.4. The van der Waals surface area contributed by atoms with Gasteiger partial charge in [-0.3, -0.25) is 9.59 Å². The number of carbonyl (C=O) groups excluding carboxylic acids is 2. The first-order valence-electron chi connectivity index (χ1n) is 11.2. The fourth-order valence-corrected chi connectivity index (χ4v) is 4.74. The van der Waals surface area contributed by atoms with E-state index in [4.69, 9.17) is 26.1 Å². The minimum Gasteiger partial charge on any atom is -0.478 e. The number of halogens is 2. The van der Waals surface area contributed by atoms with Crippen LogP contribution in [0.25, 0.3) is 22.4 Å². The number of imidazole rings is 1. The smallest absolute Gasteiger partial charge is 0.262 e. The Morgan fingerprint density at radius 2 is 2.18 bits per heavy atom. The molecule has 0 saturated carbocycles. The zero-order chi connectivity index (χ0) is 24.0. The summed E-state index contributed by atoms with van der Waals surface area (Å²) in [5.74, 6) is -0.735. The molecule has 2 aliphatic heterocycles. The Labute approximate surface area is 200 Å². The lowest BCUT2D eigenvalue weighted by Crippen LogP contribution is -2.46. The van der Waals surface area contributed by atoms with Crippen molar-refractivity contribution in [1.82, 2.24) is 14.5 Å². The number of hydrogen-bond acceptors (Lipinski definition) is 5. The minimum atomic E-state index is -0.692. The van der Waals surface area contributed by atoms with Gasteiger partial charge >= 0.3 is 0 Å². The van der Waals surface area contributed by atoms with Crippen LogP contribution in [-0.2, 0) is 20.9 Å². The molecule has 5 rings (SSSR count). The summed E-state index contributed by atoms with van der Waals surface area (Å²) in [6.07, 6.45) is 0.134. The van der Waals surface area contributed by atoms with Crippen molar-refractivity contribution in [3.63, 3.8) is 0 Å². The number of benzene rings is 2. The van der Waals surface area contributed by atoms with E-state index >= 15 is 4.39 Å². The molecule has 0 bridgehead atoms. The summed E-state index contributed by atoms with van der Waals surface area (Å²) >= 11 is 6.52. The molecule has 1 N–H and O–H groups in total. The molecule has 2 aliphatic rings. The Balaban J connectivity index is 1.61. The van der Waals surface area contributed by atoms with Crippen molar-refractivity contribution in [2.45, 2.75) is 32.9 Å². The Hall–Kier alpha value is -3.17. The maximum absolute atomic E-state index is 15.7. The Kier molecular flexibility index (Phi) is 5.91. The number of fused-ring (bicyclic) bond motifs is 2. The van der Waals surface area contributed by atoms with Crippen LogP contribution in [0.4, 0.5) is 10.1 Å². The Bertz CT molecular complexity index is 1310. The maximum Gasteiger partial charge on any atom is 0.262 e. The van der Waals surface area contributed by atoms with Crippen molar-refractivity contribution in [2.75, 3.05) is 31.6 Å². The highest BCUT2D eigenvalue weighted by molar-refractivity contribution is 6.33. The fraction of sp³-hybridized carbons (Fsp3) is 0.375. The maximum atomic E-state index is 15.7.